The summed E-state index contributed by atoms with van der Waals surface area (Å²) in [7, 11) is 1.83. The number of benzene rings is 9. The number of hydrogen-bond acceptors (Lipinski definition) is 9. The summed E-state index contributed by atoms with van der Waals surface area (Å²) in [5, 5.41) is 23.8. The molecule has 17 nitrogen and oxygen atoms in total. The molecule has 1 aromatic heterocycles. The van der Waals surface area contributed by atoms with Crippen molar-refractivity contribution in [1.29, 1.82) is 0 Å². The molecule has 2 unspecified atom stereocenters. The number of carbonyl (C=O) groups is 4. The fraction of sp³-hybridized carbons (Fsp3) is 0.330. The Morgan fingerprint density at radius 1 is 0.491 bits per heavy atom. The third kappa shape index (κ3) is 24.6. The maximum atomic E-state index is 13.4. The van der Waals surface area contributed by atoms with E-state index in [1.165, 1.54) is 52.1 Å². The Hall–Kier alpha value is -10.8. The van der Waals surface area contributed by atoms with Gasteiger partial charge in [0.15, 0.2) is 0 Å². The van der Waals surface area contributed by atoms with Gasteiger partial charge in [0.05, 0.1) is 29.2 Å². The molecule has 110 heavy (non-hydrogen) atoms. The number of halogens is 5. The predicted molar refractivity (Wildman–Crippen MR) is 426 cm³/mol. The lowest BCUT2D eigenvalue weighted by atomic mass is 9.95. The maximum absolute atomic E-state index is 13.4. The molecule has 2 atom stereocenters. The second-order valence-electron chi connectivity index (χ2n) is 28.8. The lowest BCUT2D eigenvalue weighted by Crippen LogP contribution is -2.51. The van der Waals surface area contributed by atoms with Crippen LogP contribution in [0.25, 0.3) is 10.8 Å². The highest BCUT2D eigenvalue weighted by atomic mass is 19.4. The molecular formula is C88H100F5N13O4. The molecule has 10 aromatic rings. The molecule has 0 spiro atoms. The number of nitrogens with zero attached hydrogens (tertiary/aromatic N) is 7. The SMILES string of the molecule is CC(F)(F)c1cccc(CNC(=O)C2CCN(Cc3ccccc3)CC2)c1.CC1CC(NC(=O)Nc2cnn(C)c2)CCN1Cc1ccccc1.O=C(Nc1cccc(C(F)(F)F)c1)N1CCN(C(c2ccccc2)c2ccccc2)CC1.O=C(Nc1cccc2ccccc12)NC1CCN(Cc2ccccc2)CC1. The van der Waals surface area contributed by atoms with Crippen molar-refractivity contribution >= 4 is 51.8 Å². The molecule has 0 aliphatic carbocycles. The van der Waals surface area contributed by atoms with Gasteiger partial charge in [0.2, 0.25) is 5.91 Å². The number of likely N-dealkylation sites (tertiary alicyclic amines) is 3. The molecule has 5 heterocycles. The minimum atomic E-state index is -4.45. The summed E-state index contributed by atoms with van der Waals surface area (Å²) in [6.07, 6.45) is 4.53. The van der Waals surface area contributed by atoms with E-state index in [1.54, 1.807) is 34.1 Å². The van der Waals surface area contributed by atoms with Crippen LogP contribution in [0.3, 0.4) is 0 Å². The van der Waals surface area contributed by atoms with E-state index in [1.807, 2.05) is 104 Å². The second kappa shape index (κ2) is 39.5. The van der Waals surface area contributed by atoms with Gasteiger partial charge in [0, 0.05) is 133 Å². The van der Waals surface area contributed by atoms with Crippen LogP contribution in [0.4, 0.5) is 53.4 Å². The van der Waals surface area contributed by atoms with Gasteiger partial charge in [-0.2, -0.15) is 18.3 Å². The molecule has 0 saturated carbocycles. The van der Waals surface area contributed by atoms with Crippen LogP contribution in [0.2, 0.25) is 0 Å². The van der Waals surface area contributed by atoms with E-state index in [-0.39, 0.29) is 65.8 Å². The van der Waals surface area contributed by atoms with E-state index < -0.39 is 17.7 Å². The molecule has 14 rings (SSSR count). The molecule has 0 bridgehead atoms. The van der Waals surface area contributed by atoms with Gasteiger partial charge in [0.25, 0.3) is 5.92 Å². The smallest absolute Gasteiger partial charge is 0.352 e. The Morgan fingerprint density at radius 3 is 1.56 bits per heavy atom. The summed E-state index contributed by atoms with van der Waals surface area (Å²) >= 11 is 0. The molecule has 6 N–H and O–H groups in total. The quantitative estimate of drug-likeness (QED) is 0.0457. The number of rotatable bonds is 18. The zero-order valence-corrected chi connectivity index (χ0v) is 62.7. The van der Waals surface area contributed by atoms with Gasteiger partial charge in [-0.05, 0) is 128 Å². The summed E-state index contributed by atoms with van der Waals surface area (Å²) in [5.41, 5.74) is 7.92. The van der Waals surface area contributed by atoms with Crippen LogP contribution in [-0.4, -0.2) is 135 Å². The number of carbonyl (C=O) groups excluding carboxylic acids is 4. The van der Waals surface area contributed by atoms with Crippen LogP contribution in [0.15, 0.2) is 255 Å². The molecule has 0 radical (unpaired) electrons. The predicted octanol–water partition coefficient (Wildman–Crippen LogP) is 17.2. The fourth-order valence-electron chi connectivity index (χ4n) is 14.5. The number of piperazine rings is 1. The van der Waals surface area contributed by atoms with E-state index in [9.17, 15) is 41.1 Å². The highest BCUT2D eigenvalue weighted by molar-refractivity contribution is 6.01. The molecule has 576 valence electrons. The van der Waals surface area contributed by atoms with E-state index in [2.05, 4.69) is 161 Å². The lowest BCUT2D eigenvalue weighted by Gasteiger charge is -2.39. The molecule has 22 heteroatoms. The first kappa shape index (κ1) is 80.2. The Morgan fingerprint density at radius 2 is 0.991 bits per heavy atom. The van der Waals surface area contributed by atoms with Crippen molar-refractivity contribution in [1.82, 2.24) is 50.2 Å². The van der Waals surface area contributed by atoms with Gasteiger partial charge in [0.1, 0.15) is 0 Å². The molecule has 4 saturated heterocycles. The molecule has 9 aromatic carbocycles. The molecule has 4 aliphatic heterocycles. The number of nitrogens with one attached hydrogen (secondary N) is 6. The number of hydrogen-bond donors (Lipinski definition) is 6. The van der Waals surface area contributed by atoms with Crippen LogP contribution in [0.5, 0.6) is 0 Å². The van der Waals surface area contributed by atoms with Crippen LogP contribution in [0, 0.1) is 5.92 Å². The highest BCUT2D eigenvalue weighted by Crippen LogP contribution is 2.34. The van der Waals surface area contributed by atoms with E-state index in [0.717, 1.165) is 126 Å². The van der Waals surface area contributed by atoms with Crippen molar-refractivity contribution in [3.63, 3.8) is 0 Å². The third-order valence-corrected chi connectivity index (χ3v) is 20.5. The van der Waals surface area contributed by atoms with Gasteiger partial charge in [-0.15, -0.1) is 0 Å². The molecular weight excluding hydrogens is 1400 g/mol. The number of piperidine rings is 3. The Balaban J connectivity index is 0.000000146. The average Bonchev–Trinajstić information content (AvgIpc) is 0.994. The zero-order valence-electron chi connectivity index (χ0n) is 62.7. The Bertz CT molecular complexity index is 4450. The topological polar surface area (TPSA) is 174 Å². The summed E-state index contributed by atoms with van der Waals surface area (Å²) in [4.78, 5) is 60.9. The van der Waals surface area contributed by atoms with Gasteiger partial charge >= 0.3 is 24.3 Å². The van der Waals surface area contributed by atoms with Crippen molar-refractivity contribution in [3.05, 3.63) is 300 Å². The Labute approximate surface area is 642 Å². The standard InChI is InChI=1S/C25H24F3N3O.C23H25N3O.C22H26F2N2O.C18H25N5O/c26-25(27,28)21-12-7-13-22(18-21)29-24(32)31-16-14-30(15-17-31)23(19-8-3-1-4-9-19)20-10-5-2-6-11-20;27-23(25-22-12-6-10-19-9-4-5-11-21(19)22)24-20-13-15-26(16-14-20)17-18-7-2-1-3-8-18;1-22(23,24)20-9-5-8-18(14-20)15-25-21(27)19-10-12-26(13-11-19)16-17-6-3-2-4-7-17;1-14-10-16(20-18(24)21-17-11-19-22(2)13-17)8-9-23(14)12-15-6-4-3-5-7-15/h1-13,18,23H,14-17H2,(H,29,32);1-12,20H,13-17H2,(H2,24,25,27);2-9,14,19H,10-13,15-16H2,1H3,(H,25,27);3-7,11,13-14,16H,8-10,12H2,1-2H3,(H2,20,21,24). The van der Waals surface area contributed by atoms with Gasteiger partial charge in [-0.3, -0.25) is 29.1 Å². The maximum Gasteiger partial charge on any atom is 0.416 e. The van der Waals surface area contributed by atoms with Crippen LogP contribution < -0.4 is 31.9 Å². The monoisotopic (exact) mass is 1500 g/mol. The highest BCUT2D eigenvalue weighted by Gasteiger charge is 2.33. The van der Waals surface area contributed by atoms with Crippen LogP contribution >= 0.6 is 0 Å². The van der Waals surface area contributed by atoms with Crippen molar-refractivity contribution in [3.8, 4) is 0 Å². The number of amides is 7. The second-order valence-corrected chi connectivity index (χ2v) is 28.8. The Kier molecular flexibility index (Phi) is 28.8. The summed E-state index contributed by atoms with van der Waals surface area (Å²) < 4.78 is 67.3. The van der Waals surface area contributed by atoms with E-state index >= 15 is 0 Å². The fourth-order valence-corrected chi connectivity index (χ4v) is 14.5. The van der Waals surface area contributed by atoms with Gasteiger partial charge < -0.3 is 36.8 Å². The lowest BCUT2D eigenvalue weighted by molar-refractivity contribution is -0.137. The molecule has 4 fully saturated rings. The number of aryl methyl sites for hydroxylation is 1. The van der Waals surface area contributed by atoms with E-state index in [0.29, 0.717) is 43.5 Å². The zero-order chi connectivity index (χ0) is 77.2. The first-order valence-corrected chi connectivity index (χ1v) is 38.0. The summed E-state index contributed by atoms with van der Waals surface area (Å²) in [5.74, 6) is -2.86. The first-order chi connectivity index (χ1) is 53.2. The normalized spacial score (nSPS) is 16.9. The minimum Gasteiger partial charge on any atom is -0.352 e. The number of urea groups is 3. The van der Waals surface area contributed by atoms with Crippen molar-refractivity contribution in [2.75, 3.05) is 74.9 Å². The van der Waals surface area contributed by atoms with Crippen LogP contribution in [0.1, 0.15) is 103 Å². The van der Waals surface area contributed by atoms with Crippen molar-refractivity contribution < 1.29 is 41.1 Å². The van der Waals surface area contributed by atoms with Crippen molar-refractivity contribution in [2.45, 2.75) is 115 Å². The number of fused-ring (bicyclic) bond motifs is 1. The number of aromatic nitrogens is 2. The molecule has 7 amide bonds. The van der Waals surface area contributed by atoms with Gasteiger partial charge in [-0.1, -0.05) is 212 Å². The average molecular weight is 1500 g/mol. The summed E-state index contributed by atoms with van der Waals surface area (Å²) in [6, 6.07) is 77.2. The first-order valence-electron chi connectivity index (χ1n) is 38.0. The number of anilines is 3. The largest absolute Gasteiger partial charge is 0.416 e. The minimum absolute atomic E-state index is 0.00665. The van der Waals surface area contributed by atoms with E-state index in [4.69, 9.17) is 0 Å². The summed E-state index contributed by atoms with van der Waals surface area (Å²) in [6.45, 7) is 13.3. The molecule has 4 aliphatic rings. The van der Waals surface area contributed by atoms with Gasteiger partial charge in [-0.25, -0.2) is 23.2 Å². The van der Waals surface area contributed by atoms with Crippen molar-refractivity contribution in [2.24, 2.45) is 13.0 Å². The number of alkyl halides is 5. The third-order valence-electron chi connectivity index (χ3n) is 20.5. The van der Waals surface area contributed by atoms with Crippen LogP contribution in [-0.2, 0) is 50.1 Å².